The largest absolute Gasteiger partial charge is 0.481 e. The fraction of sp³-hybridized carbons (Fsp3) is 0.635. The second-order valence-electron chi connectivity index (χ2n) is 21.3. The number of rotatable bonds is 24. The Hall–Kier alpha value is -5.15. The van der Waals surface area contributed by atoms with Gasteiger partial charge in [-0.1, -0.05) is 129 Å². The molecule has 0 spiro atoms. The van der Waals surface area contributed by atoms with Crippen molar-refractivity contribution in [2.24, 2.45) is 28.1 Å². The number of nitrogens with zero attached hydrogens (tertiary/aromatic N) is 2. The molecule has 15 heteroatoms. The van der Waals surface area contributed by atoms with Crippen LogP contribution >= 0.6 is 0 Å². The Morgan fingerprint density at radius 1 is 0.761 bits per heavy atom. The number of benzene rings is 2. The molecule has 0 bridgehead atoms. The highest BCUT2D eigenvalue weighted by Crippen LogP contribution is 2.42. The summed E-state index contributed by atoms with van der Waals surface area (Å²) in [7, 11) is 0. The fourth-order valence-electron chi connectivity index (χ4n) is 9.10. The Bertz CT molecular complexity index is 1970. The number of aryl methyl sites for hydroxylation is 1. The van der Waals surface area contributed by atoms with Crippen LogP contribution in [0.3, 0.4) is 0 Å². The molecule has 1 saturated heterocycles. The monoisotopic (exact) mass is 931 g/mol. The number of carbonyl (C=O) groups is 7. The molecule has 1 saturated carbocycles. The van der Waals surface area contributed by atoms with Crippen molar-refractivity contribution in [1.29, 1.82) is 0 Å². The molecule has 0 radical (unpaired) electrons. The van der Waals surface area contributed by atoms with E-state index in [1.807, 2.05) is 95.3 Å². The minimum Gasteiger partial charge on any atom is -0.481 e. The molecule has 370 valence electrons. The first-order valence-corrected chi connectivity index (χ1v) is 24.2. The topological polar surface area (TPSA) is 215 Å². The molecule has 2 aliphatic rings. The van der Waals surface area contributed by atoms with E-state index in [9.17, 15) is 43.8 Å². The summed E-state index contributed by atoms with van der Waals surface area (Å²) in [4.78, 5) is 101. The third-order valence-electron chi connectivity index (χ3n) is 13.4. The predicted octanol–water partition coefficient (Wildman–Crippen LogP) is 5.03. The summed E-state index contributed by atoms with van der Waals surface area (Å²) in [5.41, 5.74) is -0.698. The van der Waals surface area contributed by atoms with Gasteiger partial charge in [0, 0.05) is 25.6 Å². The highest BCUT2D eigenvalue weighted by atomic mass is 16.4. The number of carbonyl (C=O) groups excluding carboxylic acids is 6. The van der Waals surface area contributed by atoms with E-state index in [4.69, 9.17) is 0 Å². The quantitative estimate of drug-likeness (QED) is 0.0773. The lowest BCUT2D eigenvalue weighted by atomic mass is 9.77. The van der Waals surface area contributed by atoms with Crippen molar-refractivity contribution >= 4 is 41.3 Å². The molecule has 1 heterocycles. The third-order valence-corrected chi connectivity index (χ3v) is 13.4. The molecule has 2 aromatic rings. The molecule has 0 aromatic heterocycles. The molecule has 67 heavy (non-hydrogen) atoms. The van der Waals surface area contributed by atoms with E-state index in [2.05, 4.69) is 21.3 Å². The maximum absolute atomic E-state index is 14.6. The summed E-state index contributed by atoms with van der Waals surface area (Å²) < 4.78 is 0. The molecule has 1 aliphatic carbocycles. The Labute approximate surface area is 398 Å². The number of likely N-dealkylation sites (tertiary alicyclic amines) is 1. The average molecular weight is 931 g/mol. The highest BCUT2D eigenvalue weighted by Gasteiger charge is 2.53. The zero-order valence-electron chi connectivity index (χ0n) is 41.2. The lowest BCUT2D eigenvalue weighted by Crippen LogP contribution is -2.64. The van der Waals surface area contributed by atoms with Gasteiger partial charge in [0.15, 0.2) is 0 Å². The smallest absolute Gasteiger partial charge is 0.312 e. The maximum atomic E-state index is 14.6. The van der Waals surface area contributed by atoms with Gasteiger partial charge >= 0.3 is 5.97 Å². The Kier molecular flexibility index (Phi) is 20.1. The zero-order valence-corrected chi connectivity index (χ0v) is 41.2. The molecular weight excluding hydrogens is 853 g/mol. The first-order chi connectivity index (χ1) is 31.6. The van der Waals surface area contributed by atoms with Crippen molar-refractivity contribution in [2.75, 3.05) is 32.9 Å². The number of amides is 5. The number of aliphatic carboxylic acids is 1. The number of aliphatic hydroxyl groups is 1. The van der Waals surface area contributed by atoms with Crippen molar-refractivity contribution in [3.05, 3.63) is 71.8 Å². The van der Waals surface area contributed by atoms with E-state index >= 15 is 0 Å². The van der Waals surface area contributed by atoms with Gasteiger partial charge in [0.05, 0.1) is 24.4 Å². The minimum absolute atomic E-state index is 0.0461. The molecule has 15 nitrogen and oxygen atoms in total. The number of ketones is 1. The molecule has 5 atom stereocenters. The van der Waals surface area contributed by atoms with Crippen molar-refractivity contribution in [1.82, 2.24) is 31.1 Å². The van der Waals surface area contributed by atoms with Crippen LogP contribution in [-0.2, 0) is 46.4 Å². The van der Waals surface area contributed by atoms with Gasteiger partial charge in [-0.2, -0.15) is 0 Å². The van der Waals surface area contributed by atoms with Gasteiger partial charge in [-0.05, 0) is 79.2 Å². The van der Waals surface area contributed by atoms with Crippen molar-refractivity contribution in [3.8, 4) is 0 Å². The second kappa shape index (κ2) is 24.7. The van der Waals surface area contributed by atoms with E-state index in [1.54, 1.807) is 25.7 Å². The number of Topliss-reactive ketones (excluding diaryl/α,β-unsaturated/α-hetero) is 1. The molecular formula is C52H78N6O9. The highest BCUT2D eigenvalue weighted by molar-refractivity contribution is 5.99. The van der Waals surface area contributed by atoms with E-state index in [1.165, 1.54) is 0 Å². The van der Waals surface area contributed by atoms with Crippen LogP contribution in [0.15, 0.2) is 60.7 Å². The number of hydrogen-bond donors (Lipinski definition) is 6. The molecule has 6 N–H and O–H groups in total. The SMILES string of the molecule is CC(C)C(NCC(=O)C(CCc1ccccc1)Cc1ccccc1)C(=O)NC(C(=O)NC(CC(=O)N1CCCC1)C(=O)NC(C(=O)N(CO)CCC(C)(C)C)C1(C(=O)O)CCCC1)C(C)(C)C. The zero-order chi connectivity index (χ0) is 49.5. The van der Waals surface area contributed by atoms with E-state index in [0.29, 0.717) is 51.6 Å². The van der Waals surface area contributed by atoms with Gasteiger partial charge < -0.3 is 36.0 Å². The third kappa shape index (κ3) is 16.0. The van der Waals surface area contributed by atoms with Crippen molar-refractivity contribution in [2.45, 2.75) is 150 Å². The molecule has 2 fully saturated rings. The Morgan fingerprint density at radius 2 is 1.34 bits per heavy atom. The van der Waals surface area contributed by atoms with Gasteiger partial charge in [-0.25, -0.2) is 0 Å². The van der Waals surface area contributed by atoms with Crippen LogP contribution in [0.25, 0.3) is 0 Å². The molecule has 2 aromatic carbocycles. The van der Waals surface area contributed by atoms with Crippen molar-refractivity contribution < 1.29 is 43.8 Å². The summed E-state index contributed by atoms with van der Waals surface area (Å²) in [6.07, 6.45) is 4.59. The van der Waals surface area contributed by atoms with Gasteiger partial charge in [-0.15, -0.1) is 0 Å². The van der Waals surface area contributed by atoms with Crippen LogP contribution < -0.4 is 21.3 Å². The molecule has 5 amide bonds. The van der Waals surface area contributed by atoms with E-state index < -0.39 is 83.7 Å². The van der Waals surface area contributed by atoms with Crippen LogP contribution in [0.5, 0.6) is 0 Å². The maximum Gasteiger partial charge on any atom is 0.312 e. The average Bonchev–Trinajstić information content (AvgIpc) is 4.00. The number of carboxylic acids is 1. The number of carboxylic acid groups (broad SMARTS) is 1. The van der Waals surface area contributed by atoms with E-state index in [-0.39, 0.29) is 49.0 Å². The predicted molar refractivity (Wildman–Crippen MR) is 257 cm³/mol. The number of aliphatic hydroxyl groups excluding tert-OH is 1. The Balaban J connectivity index is 1.58. The molecule has 5 unspecified atom stereocenters. The standard InChI is InChI=1S/C52H78N6O9/c1-35(2)42(53-33-40(60)38(31-37-21-13-10-14-22-37)24-23-36-19-11-9-12-20-36)46(63)55-43(51(6,7)8)47(64)54-39(32-41(61)57-28-17-18-29-57)45(62)56-44(52(49(66)67)25-15-16-26-52)48(65)58(34-59)30-27-50(3,4)5/h9-14,19-22,35,38-39,42-44,53,59H,15-18,23-34H2,1-8H3,(H,54,64)(H,55,63)(H,56,62)(H,66,67). The normalized spacial score (nSPS) is 17.2. The summed E-state index contributed by atoms with van der Waals surface area (Å²) in [5.74, 6) is -5.36. The van der Waals surface area contributed by atoms with Crippen LogP contribution in [0.4, 0.5) is 0 Å². The fourth-order valence-corrected chi connectivity index (χ4v) is 9.10. The molecule has 4 rings (SSSR count). The number of hydrogen-bond acceptors (Lipinski definition) is 9. The van der Waals surface area contributed by atoms with Gasteiger partial charge in [0.25, 0.3) is 0 Å². The van der Waals surface area contributed by atoms with Crippen LogP contribution in [0.1, 0.15) is 124 Å². The van der Waals surface area contributed by atoms with Gasteiger partial charge in [0.1, 0.15) is 30.6 Å². The van der Waals surface area contributed by atoms with E-state index in [0.717, 1.165) is 28.9 Å². The van der Waals surface area contributed by atoms with Gasteiger partial charge in [0.2, 0.25) is 29.5 Å². The summed E-state index contributed by atoms with van der Waals surface area (Å²) >= 11 is 0. The Morgan fingerprint density at radius 3 is 1.87 bits per heavy atom. The lowest BCUT2D eigenvalue weighted by molar-refractivity contribution is -0.159. The minimum atomic E-state index is -1.69. The summed E-state index contributed by atoms with van der Waals surface area (Å²) in [5, 5.41) is 32.5. The molecule has 1 aliphatic heterocycles. The van der Waals surface area contributed by atoms with Crippen LogP contribution in [-0.4, -0.2) is 118 Å². The number of nitrogens with one attached hydrogen (secondary N) is 4. The van der Waals surface area contributed by atoms with Gasteiger partial charge in [-0.3, -0.25) is 38.9 Å². The summed E-state index contributed by atoms with van der Waals surface area (Å²) in [6, 6.07) is 14.5. The first kappa shape index (κ1) is 54.5. The first-order valence-electron chi connectivity index (χ1n) is 24.2. The van der Waals surface area contributed by atoms with Crippen LogP contribution in [0, 0.1) is 28.1 Å². The van der Waals surface area contributed by atoms with Crippen molar-refractivity contribution in [3.63, 3.8) is 0 Å². The van der Waals surface area contributed by atoms with Crippen LogP contribution in [0.2, 0.25) is 0 Å². The second-order valence-corrected chi connectivity index (χ2v) is 21.3. The lowest BCUT2D eigenvalue weighted by Gasteiger charge is -2.38. The summed E-state index contributed by atoms with van der Waals surface area (Å²) in [6.45, 7) is 15.1.